The average Bonchev–Trinajstić information content (AvgIpc) is 2.12. The van der Waals surface area contributed by atoms with Gasteiger partial charge in [0.25, 0.3) is 0 Å². The molecule has 0 aromatic rings. The lowest BCUT2D eigenvalue weighted by molar-refractivity contribution is -0.135. The number of carbonyl (C=O) groups is 1. The standard InChI is InChI=1S/C7H12N2O/c1-9-4-7(5-9)2-3-8-6(7)10/h2-5H2,1H3,(H,8,10). The number of nitrogens with one attached hydrogen (secondary N) is 1. The number of amides is 1. The molecule has 2 rings (SSSR count). The van der Waals surface area contributed by atoms with Crippen LogP contribution in [0.4, 0.5) is 0 Å². The van der Waals surface area contributed by atoms with Crippen LogP contribution in [0.5, 0.6) is 0 Å². The molecular formula is C7H12N2O. The largest absolute Gasteiger partial charge is 0.355 e. The van der Waals surface area contributed by atoms with E-state index < -0.39 is 0 Å². The Morgan fingerprint density at radius 1 is 1.60 bits per heavy atom. The van der Waals surface area contributed by atoms with Gasteiger partial charge in [-0.2, -0.15) is 0 Å². The molecule has 0 aromatic heterocycles. The monoisotopic (exact) mass is 140 g/mol. The third-order valence-corrected chi connectivity index (χ3v) is 2.52. The maximum Gasteiger partial charge on any atom is 0.228 e. The van der Waals surface area contributed by atoms with Crippen molar-refractivity contribution in [3.63, 3.8) is 0 Å². The van der Waals surface area contributed by atoms with Gasteiger partial charge in [0.2, 0.25) is 5.91 Å². The SMILES string of the molecule is CN1CC2(CCNC2=O)C1. The Hall–Kier alpha value is -0.570. The third-order valence-electron chi connectivity index (χ3n) is 2.52. The highest BCUT2D eigenvalue weighted by Gasteiger charge is 2.50. The van der Waals surface area contributed by atoms with Gasteiger partial charge in [-0.15, -0.1) is 0 Å². The number of nitrogens with zero attached hydrogens (tertiary/aromatic N) is 1. The summed E-state index contributed by atoms with van der Waals surface area (Å²) in [6.07, 6.45) is 1.04. The highest BCUT2D eigenvalue weighted by Crippen LogP contribution is 2.35. The van der Waals surface area contributed by atoms with E-state index in [1.54, 1.807) is 0 Å². The van der Waals surface area contributed by atoms with Crippen LogP contribution in [0.15, 0.2) is 0 Å². The molecule has 0 aliphatic carbocycles. The molecule has 2 fully saturated rings. The molecule has 0 saturated carbocycles. The molecule has 0 radical (unpaired) electrons. The zero-order chi connectivity index (χ0) is 7.19. The Kier molecular flexibility index (Phi) is 1.06. The van der Waals surface area contributed by atoms with Gasteiger partial charge in [-0.05, 0) is 13.5 Å². The second-order valence-electron chi connectivity index (χ2n) is 3.46. The first-order valence-corrected chi connectivity index (χ1v) is 3.70. The van der Waals surface area contributed by atoms with E-state index in [1.807, 2.05) is 0 Å². The number of hydrogen-bond donors (Lipinski definition) is 1. The van der Waals surface area contributed by atoms with E-state index in [1.165, 1.54) is 0 Å². The Morgan fingerprint density at radius 3 is 2.70 bits per heavy atom. The van der Waals surface area contributed by atoms with E-state index in [0.717, 1.165) is 26.1 Å². The fourth-order valence-electron chi connectivity index (χ4n) is 2.01. The molecule has 2 aliphatic heterocycles. The Morgan fingerprint density at radius 2 is 2.30 bits per heavy atom. The van der Waals surface area contributed by atoms with Gasteiger partial charge in [0.15, 0.2) is 0 Å². The lowest BCUT2D eigenvalue weighted by Crippen LogP contribution is -2.57. The van der Waals surface area contributed by atoms with Crippen molar-refractivity contribution in [1.82, 2.24) is 10.2 Å². The second-order valence-corrected chi connectivity index (χ2v) is 3.46. The van der Waals surface area contributed by atoms with Gasteiger partial charge in [0.05, 0.1) is 5.41 Å². The Bertz CT molecular complexity index is 172. The topological polar surface area (TPSA) is 32.3 Å². The summed E-state index contributed by atoms with van der Waals surface area (Å²) < 4.78 is 0. The molecule has 56 valence electrons. The fraction of sp³-hybridized carbons (Fsp3) is 0.857. The predicted octanol–water partition coefficient (Wildman–Crippen LogP) is -0.562. The van der Waals surface area contributed by atoms with Crippen molar-refractivity contribution < 1.29 is 4.79 Å². The normalized spacial score (nSPS) is 30.3. The summed E-state index contributed by atoms with van der Waals surface area (Å²) in [6.45, 7) is 2.80. The van der Waals surface area contributed by atoms with Crippen molar-refractivity contribution in [2.45, 2.75) is 6.42 Å². The highest BCUT2D eigenvalue weighted by molar-refractivity contribution is 5.86. The van der Waals surface area contributed by atoms with Crippen LogP contribution in [-0.2, 0) is 4.79 Å². The van der Waals surface area contributed by atoms with Gasteiger partial charge < -0.3 is 10.2 Å². The maximum absolute atomic E-state index is 11.2. The molecule has 3 nitrogen and oxygen atoms in total. The lowest BCUT2D eigenvalue weighted by atomic mass is 9.79. The van der Waals surface area contributed by atoms with Gasteiger partial charge in [-0.3, -0.25) is 4.79 Å². The molecule has 1 amide bonds. The highest BCUT2D eigenvalue weighted by atomic mass is 16.2. The zero-order valence-electron chi connectivity index (χ0n) is 6.18. The average molecular weight is 140 g/mol. The Labute approximate surface area is 60.4 Å². The summed E-state index contributed by atoms with van der Waals surface area (Å²) in [5.41, 5.74) is 0.0226. The van der Waals surface area contributed by atoms with Crippen molar-refractivity contribution in [1.29, 1.82) is 0 Å². The predicted molar refractivity (Wildman–Crippen MR) is 37.6 cm³/mol. The van der Waals surface area contributed by atoms with Gasteiger partial charge in [0, 0.05) is 19.6 Å². The van der Waals surface area contributed by atoms with Gasteiger partial charge in [-0.1, -0.05) is 0 Å². The smallest absolute Gasteiger partial charge is 0.228 e. The molecule has 3 heteroatoms. The van der Waals surface area contributed by atoms with E-state index in [-0.39, 0.29) is 11.3 Å². The van der Waals surface area contributed by atoms with Crippen molar-refractivity contribution in [3.8, 4) is 0 Å². The van der Waals surface area contributed by atoms with Crippen molar-refractivity contribution >= 4 is 5.91 Å². The minimum atomic E-state index is 0.0226. The van der Waals surface area contributed by atoms with Crippen LogP contribution in [0.1, 0.15) is 6.42 Å². The van der Waals surface area contributed by atoms with Gasteiger partial charge in [-0.25, -0.2) is 0 Å². The van der Waals surface area contributed by atoms with Crippen LogP contribution in [0.25, 0.3) is 0 Å². The summed E-state index contributed by atoms with van der Waals surface area (Å²) in [5.74, 6) is 0.269. The van der Waals surface area contributed by atoms with E-state index in [2.05, 4.69) is 17.3 Å². The maximum atomic E-state index is 11.2. The zero-order valence-corrected chi connectivity index (χ0v) is 6.18. The van der Waals surface area contributed by atoms with Crippen LogP contribution in [-0.4, -0.2) is 37.5 Å². The first-order valence-electron chi connectivity index (χ1n) is 3.70. The summed E-state index contributed by atoms with van der Waals surface area (Å²) in [5, 5.41) is 2.87. The van der Waals surface area contributed by atoms with E-state index in [4.69, 9.17) is 0 Å². The Balaban J connectivity index is 2.10. The molecule has 0 unspecified atom stereocenters. The van der Waals surface area contributed by atoms with E-state index in [9.17, 15) is 4.79 Å². The summed E-state index contributed by atoms with van der Waals surface area (Å²) >= 11 is 0. The second kappa shape index (κ2) is 1.72. The molecule has 2 saturated heterocycles. The van der Waals surface area contributed by atoms with Gasteiger partial charge in [0.1, 0.15) is 0 Å². The molecule has 2 heterocycles. The lowest BCUT2D eigenvalue weighted by Gasteiger charge is -2.43. The summed E-state index contributed by atoms with van der Waals surface area (Å²) in [6, 6.07) is 0. The molecule has 0 atom stereocenters. The molecule has 10 heavy (non-hydrogen) atoms. The van der Waals surface area contributed by atoms with Crippen LogP contribution in [0, 0.1) is 5.41 Å². The van der Waals surface area contributed by atoms with Crippen LogP contribution in [0.3, 0.4) is 0 Å². The van der Waals surface area contributed by atoms with Crippen molar-refractivity contribution in [3.05, 3.63) is 0 Å². The van der Waals surface area contributed by atoms with Crippen LogP contribution >= 0.6 is 0 Å². The molecule has 0 bridgehead atoms. The minimum absolute atomic E-state index is 0.0226. The number of carbonyl (C=O) groups excluding carboxylic acids is 1. The summed E-state index contributed by atoms with van der Waals surface area (Å²) in [4.78, 5) is 13.4. The first-order chi connectivity index (χ1) is 4.73. The molecule has 1 spiro atoms. The quantitative estimate of drug-likeness (QED) is 0.489. The number of hydrogen-bond acceptors (Lipinski definition) is 2. The van der Waals surface area contributed by atoms with E-state index >= 15 is 0 Å². The minimum Gasteiger partial charge on any atom is -0.355 e. The first kappa shape index (κ1) is 6.16. The molecular weight excluding hydrogens is 128 g/mol. The molecule has 1 N–H and O–H groups in total. The number of rotatable bonds is 0. The van der Waals surface area contributed by atoms with E-state index in [0.29, 0.717) is 0 Å². The van der Waals surface area contributed by atoms with Crippen LogP contribution in [0.2, 0.25) is 0 Å². The summed E-state index contributed by atoms with van der Waals surface area (Å²) in [7, 11) is 2.05. The molecule has 0 aromatic carbocycles. The van der Waals surface area contributed by atoms with Gasteiger partial charge >= 0.3 is 0 Å². The van der Waals surface area contributed by atoms with Crippen LogP contribution < -0.4 is 5.32 Å². The van der Waals surface area contributed by atoms with Crippen molar-refractivity contribution in [2.75, 3.05) is 26.7 Å². The number of likely N-dealkylation sites (tertiary alicyclic amines) is 1. The fourth-order valence-corrected chi connectivity index (χ4v) is 2.01. The van der Waals surface area contributed by atoms with Crippen molar-refractivity contribution in [2.24, 2.45) is 5.41 Å². The molecule has 2 aliphatic rings. The third kappa shape index (κ3) is 0.611.